The summed E-state index contributed by atoms with van der Waals surface area (Å²) >= 11 is 0. The lowest BCUT2D eigenvalue weighted by Gasteiger charge is -2.25. The molecule has 2 heterocycles. The van der Waals surface area contributed by atoms with Crippen molar-refractivity contribution in [3.63, 3.8) is 0 Å². The summed E-state index contributed by atoms with van der Waals surface area (Å²) < 4.78 is 16.4. The molecule has 0 bridgehead atoms. The van der Waals surface area contributed by atoms with Crippen LogP contribution in [0.1, 0.15) is 49.8 Å². The van der Waals surface area contributed by atoms with Crippen molar-refractivity contribution in [1.82, 2.24) is 30.3 Å². The van der Waals surface area contributed by atoms with Crippen LogP contribution >= 0.6 is 24.0 Å². The fraction of sp³-hybridized carbons (Fsp3) is 0.609. The van der Waals surface area contributed by atoms with Gasteiger partial charge < -0.3 is 15.2 Å². The Kier molecular flexibility index (Phi) is 8.49. The van der Waals surface area contributed by atoms with Crippen LogP contribution in [0.4, 0.5) is 4.39 Å². The van der Waals surface area contributed by atoms with E-state index in [0.717, 1.165) is 55.6 Å². The number of benzene rings is 1. The summed E-state index contributed by atoms with van der Waals surface area (Å²) in [6.45, 7) is 8.35. The Morgan fingerprint density at radius 2 is 2.03 bits per heavy atom. The van der Waals surface area contributed by atoms with Crippen molar-refractivity contribution in [2.24, 2.45) is 12.0 Å². The lowest BCUT2D eigenvalue weighted by Crippen LogP contribution is -2.46. The number of hydrogen-bond donors (Lipinski definition) is 2. The van der Waals surface area contributed by atoms with Crippen LogP contribution < -0.4 is 10.6 Å². The first-order chi connectivity index (χ1) is 15.0. The van der Waals surface area contributed by atoms with Gasteiger partial charge in [0.25, 0.3) is 0 Å². The van der Waals surface area contributed by atoms with Gasteiger partial charge >= 0.3 is 0 Å². The van der Waals surface area contributed by atoms with Crippen molar-refractivity contribution in [3.05, 3.63) is 47.3 Å². The van der Waals surface area contributed by atoms with Gasteiger partial charge in [0.1, 0.15) is 18.2 Å². The highest BCUT2D eigenvalue weighted by atomic mass is 127. The molecule has 2 aromatic rings. The number of halogens is 2. The first-order valence-corrected chi connectivity index (χ1v) is 11.4. The monoisotopic (exact) mass is 555 g/mol. The van der Waals surface area contributed by atoms with Crippen LogP contribution in [-0.2, 0) is 19.0 Å². The van der Waals surface area contributed by atoms with Crippen molar-refractivity contribution < 1.29 is 4.39 Å². The van der Waals surface area contributed by atoms with Gasteiger partial charge in [0.05, 0.1) is 0 Å². The number of aliphatic imine (C=N–C) groups is 1. The van der Waals surface area contributed by atoms with Crippen LogP contribution in [0.25, 0.3) is 0 Å². The average Bonchev–Trinajstić information content (AvgIpc) is 3.30. The van der Waals surface area contributed by atoms with Gasteiger partial charge in [-0.3, -0.25) is 4.90 Å². The summed E-state index contributed by atoms with van der Waals surface area (Å²) in [6, 6.07) is 7.66. The number of nitrogens with one attached hydrogen (secondary N) is 2. The second-order valence-electron chi connectivity index (χ2n) is 8.81. The van der Waals surface area contributed by atoms with Gasteiger partial charge in [-0.05, 0) is 57.3 Å². The molecule has 4 rings (SSSR count). The van der Waals surface area contributed by atoms with Gasteiger partial charge in [0, 0.05) is 31.6 Å². The molecule has 0 spiro atoms. The molecule has 7 nitrogen and oxygen atoms in total. The Morgan fingerprint density at radius 3 is 2.69 bits per heavy atom. The van der Waals surface area contributed by atoms with Crippen molar-refractivity contribution in [3.8, 4) is 0 Å². The van der Waals surface area contributed by atoms with E-state index < -0.39 is 0 Å². The summed E-state index contributed by atoms with van der Waals surface area (Å²) in [6.07, 6.45) is 4.43. The minimum atomic E-state index is -0.141. The third-order valence-electron chi connectivity index (χ3n) is 6.86. The molecule has 1 saturated heterocycles. The van der Waals surface area contributed by atoms with Crippen LogP contribution in [0.5, 0.6) is 0 Å². The quantitative estimate of drug-likeness (QED) is 0.298. The Morgan fingerprint density at radius 1 is 1.25 bits per heavy atom. The predicted octanol–water partition coefficient (Wildman–Crippen LogP) is 3.13. The van der Waals surface area contributed by atoms with E-state index in [2.05, 4.69) is 32.7 Å². The van der Waals surface area contributed by atoms with Crippen molar-refractivity contribution >= 4 is 29.9 Å². The maximum Gasteiger partial charge on any atom is 0.191 e. The molecule has 176 valence electrons. The second-order valence-corrected chi connectivity index (χ2v) is 8.81. The number of hydrogen-bond acceptors (Lipinski definition) is 4. The molecule has 0 amide bonds. The van der Waals surface area contributed by atoms with Crippen LogP contribution in [-0.4, -0.2) is 57.8 Å². The number of likely N-dealkylation sites (tertiary alicyclic amines) is 1. The molecule has 1 saturated carbocycles. The largest absolute Gasteiger partial charge is 0.355 e. The Labute approximate surface area is 207 Å². The minimum absolute atomic E-state index is 0. The number of aromatic nitrogens is 3. The van der Waals surface area contributed by atoms with E-state index in [1.807, 2.05) is 30.7 Å². The number of likely N-dealkylation sites (N-methyl/N-ethyl adjacent to an activating group) is 1. The Balaban J connectivity index is 0.00000289. The van der Waals surface area contributed by atoms with Gasteiger partial charge in [0.15, 0.2) is 11.8 Å². The second kappa shape index (κ2) is 10.9. The van der Waals surface area contributed by atoms with E-state index in [0.29, 0.717) is 19.1 Å². The lowest BCUT2D eigenvalue weighted by molar-refractivity contribution is 0.267. The van der Waals surface area contributed by atoms with Crippen molar-refractivity contribution in [1.29, 1.82) is 0 Å². The lowest BCUT2D eigenvalue weighted by atomic mass is 9.95. The molecule has 2 fully saturated rings. The standard InChI is InChI=1S/C23H34FN7.HI/c1-4-31-13-7-8-18(31)14-25-22(26-15-21-29-28-17(2)30(21)3)27-16-23(11-12-23)19-9-5-6-10-20(19)24;/h5-6,9-10,18H,4,7-8,11-16H2,1-3H3,(H2,25,26,27);1H. The minimum Gasteiger partial charge on any atom is -0.355 e. The zero-order chi connectivity index (χ0) is 21.8. The molecule has 9 heteroatoms. The molecule has 1 aliphatic carbocycles. The van der Waals surface area contributed by atoms with Crippen LogP contribution in [0.2, 0.25) is 0 Å². The van der Waals surface area contributed by atoms with E-state index in [4.69, 9.17) is 4.99 Å². The van der Waals surface area contributed by atoms with E-state index >= 15 is 0 Å². The number of nitrogens with zero attached hydrogens (tertiary/aromatic N) is 5. The van der Waals surface area contributed by atoms with Gasteiger partial charge in [-0.25, -0.2) is 9.38 Å². The highest BCUT2D eigenvalue weighted by Crippen LogP contribution is 2.48. The SMILES string of the molecule is CCN1CCCC1CNC(=NCc1nnc(C)n1C)NCC1(c2ccccc2F)CC1.I. The molecule has 1 unspecified atom stereocenters. The molecular weight excluding hydrogens is 520 g/mol. The molecule has 2 aliphatic rings. The van der Waals surface area contributed by atoms with Crippen molar-refractivity contribution in [2.75, 3.05) is 26.2 Å². The Hall–Kier alpha value is -1.75. The van der Waals surface area contributed by atoms with E-state index in [1.54, 1.807) is 12.1 Å². The zero-order valence-electron chi connectivity index (χ0n) is 19.3. The maximum absolute atomic E-state index is 14.4. The van der Waals surface area contributed by atoms with Crippen LogP contribution in [0.15, 0.2) is 29.3 Å². The first kappa shape index (κ1) is 24.9. The maximum atomic E-state index is 14.4. The number of rotatable bonds is 8. The summed E-state index contributed by atoms with van der Waals surface area (Å²) in [4.78, 5) is 7.30. The Bertz CT molecular complexity index is 925. The molecule has 1 aromatic carbocycles. The molecule has 32 heavy (non-hydrogen) atoms. The molecular formula is C23H35FIN7. The van der Waals surface area contributed by atoms with E-state index in [1.165, 1.54) is 12.8 Å². The number of aryl methyl sites for hydroxylation is 1. The van der Waals surface area contributed by atoms with Gasteiger partial charge in [-0.1, -0.05) is 25.1 Å². The highest BCUT2D eigenvalue weighted by Gasteiger charge is 2.45. The fourth-order valence-corrected chi connectivity index (χ4v) is 4.51. The van der Waals surface area contributed by atoms with E-state index in [9.17, 15) is 4.39 Å². The summed E-state index contributed by atoms with van der Waals surface area (Å²) in [7, 11) is 1.95. The van der Waals surface area contributed by atoms with Crippen LogP contribution in [0.3, 0.4) is 0 Å². The normalized spacial score (nSPS) is 20.1. The first-order valence-electron chi connectivity index (χ1n) is 11.4. The third kappa shape index (κ3) is 5.59. The molecule has 0 radical (unpaired) electrons. The van der Waals surface area contributed by atoms with Gasteiger partial charge in [-0.2, -0.15) is 0 Å². The van der Waals surface area contributed by atoms with Crippen LogP contribution in [0, 0.1) is 12.7 Å². The topological polar surface area (TPSA) is 70.4 Å². The highest BCUT2D eigenvalue weighted by molar-refractivity contribution is 14.0. The summed E-state index contributed by atoms with van der Waals surface area (Å²) in [5.41, 5.74) is 0.663. The molecule has 1 aromatic heterocycles. The third-order valence-corrected chi connectivity index (χ3v) is 6.86. The zero-order valence-corrected chi connectivity index (χ0v) is 21.6. The van der Waals surface area contributed by atoms with Gasteiger partial charge in [0.2, 0.25) is 0 Å². The summed E-state index contributed by atoms with van der Waals surface area (Å²) in [5.74, 6) is 2.33. The fourth-order valence-electron chi connectivity index (χ4n) is 4.51. The molecule has 2 N–H and O–H groups in total. The average molecular weight is 555 g/mol. The summed E-state index contributed by atoms with van der Waals surface area (Å²) in [5, 5.41) is 15.4. The van der Waals surface area contributed by atoms with E-state index in [-0.39, 0.29) is 35.2 Å². The van der Waals surface area contributed by atoms with Gasteiger partial charge in [-0.15, -0.1) is 34.2 Å². The smallest absolute Gasteiger partial charge is 0.191 e. The van der Waals surface area contributed by atoms with Crippen molar-refractivity contribution in [2.45, 2.75) is 57.5 Å². The molecule has 1 aliphatic heterocycles. The molecule has 1 atom stereocenters. The predicted molar refractivity (Wildman–Crippen MR) is 136 cm³/mol. The number of guanidine groups is 1.